The maximum Gasteiger partial charge on any atom is 0.123 e. The van der Waals surface area contributed by atoms with Gasteiger partial charge in [0.05, 0.1) is 5.69 Å². The Kier molecular flexibility index (Phi) is 4.14. The molecule has 1 atom stereocenters. The summed E-state index contributed by atoms with van der Waals surface area (Å²) in [5, 5.41) is 10.2. The lowest BCUT2D eigenvalue weighted by Crippen LogP contribution is -2.31. The number of aromatic nitrogens is 2. The van der Waals surface area contributed by atoms with Crippen molar-refractivity contribution in [1.82, 2.24) is 15.1 Å². The fraction of sp³-hybridized carbons (Fsp3) is 0.167. The van der Waals surface area contributed by atoms with Gasteiger partial charge in [-0.15, -0.1) is 0 Å². The van der Waals surface area contributed by atoms with E-state index in [9.17, 15) is 4.39 Å². The molecule has 4 aromatic rings. The second-order valence-corrected chi connectivity index (χ2v) is 7.52. The summed E-state index contributed by atoms with van der Waals surface area (Å²) in [5.41, 5.74) is 5.92. The van der Waals surface area contributed by atoms with E-state index in [2.05, 4.69) is 52.5 Å². The van der Waals surface area contributed by atoms with Crippen molar-refractivity contribution in [1.29, 1.82) is 0 Å². The van der Waals surface area contributed by atoms with Gasteiger partial charge in [-0.1, -0.05) is 36.4 Å². The van der Waals surface area contributed by atoms with Gasteiger partial charge in [0, 0.05) is 30.8 Å². The van der Waals surface area contributed by atoms with Gasteiger partial charge in [0.2, 0.25) is 0 Å². The van der Waals surface area contributed by atoms with E-state index < -0.39 is 0 Å². The number of nitrogens with zero attached hydrogens (tertiary/aromatic N) is 3. The smallest absolute Gasteiger partial charge is 0.123 e. The third kappa shape index (κ3) is 3.06. The molecule has 0 saturated heterocycles. The van der Waals surface area contributed by atoms with Crippen LogP contribution in [0, 0.1) is 5.82 Å². The average molecular weight is 369 g/mol. The normalized spacial score (nSPS) is 16.9. The Hall–Kier alpha value is -3.11. The van der Waals surface area contributed by atoms with Crippen LogP contribution in [0.1, 0.15) is 22.6 Å². The number of likely N-dealkylation sites (N-methyl/N-ethyl adjacent to an activating group) is 1. The first-order valence-electron chi connectivity index (χ1n) is 9.46. The lowest BCUT2D eigenvalue weighted by Gasteiger charge is -2.33. The molecule has 1 aromatic heterocycles. The largest absolute Gasteiger partial charge is 0.301 e. The van der Waals surface area contributed by atoms with Crippen molar-refractivity contribution < 1.29 is 4.39 Å². The maximum atomic E-state index is 13.5. The van der Waals surface area contributed by atoms with Crippen LogP contribution in [0.25, 0.3) is 22.0 Å². The minimum Gasteiger partial charge on any atom is -0.301 e. The molecule has 3 aromatic carbocycles. The summed E-state index contributed by atoms with van der Waals surface area (Å²) in [6.07, 6.45) is 1.69. The first-order valence-corrected chi connectivity index (χ1v) is 9.46. The van der Waals surface area contributed by atoms with Crippen LogP contribution < -0.4 is 0 Å². The first-order chi connectivity index (χ1) is 13.7. The number of benzene rings is 3. The van der Waals surface area contributed by atoms with Gasteiger partial charge in [-0.3, -0.25) is 0 Å². The molecular weight excluding hydrogens is 349 g/mol. The monoisotopic (exact) mass is 369 g/mol. The Labute approximate surface area is 163 Å². The van der Waals surface area contributed by atoms with Crippen LogP contribution in [0.2, 0.25) is 0 Å². The van der Waals surface area contributed by atoms with Gasteiger partial charge in [-0.2, -0.15) is 10.2 Å². The van der Waals surface area contributed by atoms with Crippen molar-refractivity contribution in [3.63, 3.8) is 0 Å². The van der Waals surface area contributed by atoms with Crippen LogP contribution in [0.15, 0.2) is 72.9 Å². The van der Waals surface area contributed by atoms with E-state index in [1.165, 1.54) is 22.8 Å². The molecule has 4 heteroatoms. The molecular formula is C24H20FN3. The average Bonchev–Trinajstić information content (AvgIpc) is 2.73. The predicted molar refractivity (Wildman–Crippen MR) is 110 cm³/mol. The second kappa shape index (κ2) is 6.80. The molecule has 1 aliphatic rings. The molecule has 2 heterocycles. The quantitative estimate of drug-likeness (QED) is 0.497. The highest BCUT2D eigenvalue weighted by atomic mass is 19.1. The van der Waals surface area contributed by atoms with E-state index in [1.807, 2.05) is 24.3 Å². The molecule has 5 rings (SSSR count). The zero-order chi connectivity index (χ0) is 19.1. The van der Waals surface area contributed by atoms with Crippen LogP contribution in [-0.4, -0.2) is 28.7 Å². The van der Waals surface area contributed by atoms with Crippen molar-refractivity contribution in [3.05, 3.63) is 95.4 Å². The van der Waals surface area contributed by atoms with Gasteiger partial charge < -0.3 is 4.90 Å². The zero-order valence-corrected chi connectivity index (χ0v) is 15.6. The SMILES string of the molecule is CN1Cc2cc(-c3cccnn3)ccc2C(c2ccc3cc(F)ccc3c2)C1. The Morgan fingerprint density at radius 3 is 2.68 bits per heavy atom. The highest BCUT2D eigenvalue weighted by Gasteiger charge is 2.25. The molecule has 0 fully saturated rings. The van der Waals surface area contributed by atoms with Gasteiger partial charge >= 0.3 is 0 Å². The molecule has 1 aliphatic heterocycles. The van der Waals surface area contributed by atoms with E-state index in [4.69, 9.17) is 0 Å². The van der Waals surface area contributed by atoms with Crippen LogP contribution in [0.4, 0.5) is 4.39 Å². The van der Waals surface area contributed by atoms with E-state index >= 15 is 0 Å². The number of hydrogen-bond acceptors (Lipinski definition) is 3. The number of fused-ring (bicyclic) bond motifs is 2. The van der Waals surface area contributed by atoms with Crippen molar-refractivity contribution in [2.75, 3.05) is 13.6 Å². The van der Waals surface area contributed by atoms with Crippen LogP contribution >= 0.6 is 0 Å². The summed E-state index contributed by atoms with van der Waals surface area (Å²) in [7, 11) is 2.15. The van der Waals surface area contributed by atoms with Crippen LogP contribution in [-0.2, 0) is 6.54 Å². The molecule has 138 valence electrons. The van der Waals surface area contributed by atoms with Crippen LogP contribution in [0.3, 0.4) is 0 Å². The van der Waals surface area contributed by atoms with Crippen molar-refractivity contribution in [3.8, 4) is 11.3 Å². The number of halogens is 1. The fourth-order valence-electron chi connectivity index (χ4n) is 4.20. The molecule has 0 spiro atoms. The predicted octanol–water partition coefficient (Wildman–Crippen LogP) is 5.01. The van der Waals surface area contributed by atoms with Gasteiger partial charge in [-0.05, 0) is 64.8 Å². The summed E-state index contributed by atoms with van der Waals surface area (Å²) in [6, 6.07) is 21.8. The maximum absolute atomic E-state index is 13.5. The van der Waals surface area contributed by atoms with Gasteiger partial charge in [0.25, 0.3) is 0 Å². The third-order valence-electron chi connectivity index (χ3n) is 5.55. The molecule has 0 aliphatic carbocycles. The van der Waals surface area contributed by atoms with Crippen molar-refractivity contribution in [2.24, 2.45) is 0 Å². The number of rotatable bonds is 2. The van der Waals surface area contributed by atoms with Crippen molar-refractivity contribution in [2.45, 2.75) is 12.5 Å². The summed E-state index contributed by atoms with van der Waals surface area (Å²) < 4.78 is 13.5. The molecule has 3 nitrogen and oxygen atoms in total. The van der Waals surface area contributed by atoms with Gasteiger partial charge in [0.1, 0.15) is 5.82 Å². The van der Waals surface area contributed by atoms with E-state index in [1.54, 1.807) is 12.3 Å². The summed E-state index contributed by atoms with van der Waals surface area (Å²) in [5.74, 6) is 0.0960. The third-order valence-corrected chi connectivity index (χ3v) is 5.55. The van der Waals surface area contributed by atoms with Crippen LogP contribution in [0.5, 0.6) is 0 Å². The lowest BCUT2D eigenvalue weighted by molar-refractivity contribution is 0.295. The Morgan fingerprint density at radius 1 is 0.964 bits per heavy atom. The van der Waals surface area contributed by atoms with E-state index in [-0.39, 0.29) is 5.82 Å². The highest BCUT2D eigenvalue weighted by Crippen LogP contribution is 2.36. The molecule has 0 radical (unpaired) electrons. The first kappa shape index (κ1) is 17.0. The Bertz CT molecular complexity index is 1160. The highest BCUT2D eigenvalue weighted by molar-refractivity contribution is 5.83. The second-order valence-electron chi connectivity index (χ2n) is 7.52. The Morgan fingerprint density at radius 2 is 1.82 bits per heavy atom. The molecule has 28 heavy (non-hydrogen) atoms. The lowest BCUT2D eigenvalue weighted by atomic mass is 9.83. The minimum absolute atomic E-state index is 0.195. The standard InChI is InChI=1S/C24H20FN3/c1-28-14-20-12-19(24-3-2-10-26-27-24)7-9-22(20)23(15-28)18-5-4-17-13-21(25)8-6-16(17)11-18/h2-13,23H,14-15H2,1H3. The molecule has 0 saturated carbocycles. The fourth-order valence-corrected chi connectivity index (χ4v) is 4.20. The molecule has 0 bridgehead atoms. The molecule has 1 unspecified atom stereocenters. The summed E-state index contributed by atoms with van der Waals surface area (Å²) >= 11 is 0. The molecule has 0 amide bonds. The Balaban J connectivity index is 1.58. The molecule has 0 N–H and O–H groups in total. The zero-order valence-electron chi connectivity index (χ0n) is 15.6. The van der Waals surface area contributed by atoms with E-state index in [0.29, 0.717) is 5.92 Å². The topological polar surface area (TPSA) is 29.0 Å². The minimum atomic E-state index is -0.195. The summed E-state index contributed by atoms with van der Waals surface area (Å²) in [4.78, 5) is 2.35. The van der Waals surface area contributed by atoms with Crippen molar-refractivity contribution >= 4 is 10.8 Å². The van der Waals surface area contributed by atoms with Gasteiger partial charge in [0.15, 0.2) is 0 Å². The number of hydrogen-bond donors (Lipinski definition) is 0. The van der Waals surface area contributed by atoms with E-state index in [0.717, 1.165) is 35.1 Å². The summed E-state index contributed by atoms with van der Waals surface area (Å²) in [6.45, 7) is 1.88. The van der Waals surface area contributed by atoms with Gasteiger partial charge in [-0.25, -0.2) is 4.39 Å².